The molecule has 0 aromatic heterocycles. The van der Waals surface area contributed by atoms with E-state index in [0.29, 0.717) is 0 Å². The number of nitro groups is 1. The van der Waals surface area contributed by atoms with Crippen molar-refractivity contribution in [3.63, 3.8) is 0 Å². The Morgan fingerprint density at radius 3 is 2.35 bits per heavy atom. The second kappa shape index (κ2) is 9.76. The molecule has 4 heteroatoms. The third-order valence-electron chi connectivity index (χ3n) is 3.47. The molecule has 0 aliphatic carbocycles. The van der Waals surface area contributed by atoms with Crippen LogP contribution < -0.4 is 0 Å². The van der Waals surface area contributed by atoms with E-state index in [4.69, 9.17) is 11.6 Å². The van der Waals surface area contributed by atoms with E-state index in [0.717, 1.165) is 24.8 Å². The van der Waals surface area contributed by atoms with Crippen LogP contribution in [0.25, 0.3) is 0 Å². The van der Waals surface area contributed by atoms with Gasteiger partial charge in [0.2, 0.25) is 0 Å². The van der Waals surface area contributed by atoms with Crippen molar-refractivity contribution in [3.05, 3.63) is 38.9 Å². The van der Waals surface area contributed by atoms with Gasteiger partial charge in [0.25, 0.3) is 5.69 Å². The molecule has 0 aliphatic heterocycles. The predicted molar refractivity (Wildman–Crippen MR) is 83.3 cm³/mol. The van der Waals surface area contributed by atoms with E-state index in [-0.39, 0.29) is 10.7 Å². The van der Waals surface area contributed by atoms with Gasteiger partial charge in [-0.05, 0) is 30.5 Å². The average molecular weight is 297 g/mol. The highest BCUT2D eigenvalue weighted by Gasteiger charge is 2.14. The smallest absolute Gasteiger partial charge is 0.258 e. The Morgan fingerprint density at radius 1 is 1.15 bits per heavy atom. The summed E-state index contributed by atoms with van der Waals surface area (Å²) in [7, 11) is 0. The standard InChI is InChI=1S/C16H23ClNO2/c1-2-3-4-5-6-7-8-9-11-14-12-10-13-15(16(14)17)18(19)20/h10,13H,2-9,11H2,1H3. The highest BCUT2D eigenvalue weighted by Crippen LogP contribution is 2.28. The third-order valence-corrected chi connectivity index (χ3v) is 3.89. The molecule has 1 aromatic rings. The topological polar surface area (TPSA) is 43.1 Å². The lowest BCUT2D eigenvalue weighted by Gasteiger charge is -2.04. The molecule has 1 aromatic carbocycles. The minimum atomic E-state index is -0.437. The van der Waals surface area contributed by atoms with Crippen LogP contribution in [0.1, 0.15) is 63.9 Å². The van der Waals surface area contributed by atoms with Crippen molar-refractivity contribution >= 4 is 17.3 Å². The van der Waals surface area contributed by atoms with Crippen LogP contribution in [0, 0.1) is 16.2 Å². The zero-order valence-electron chi connectivity index (χ0n) is 12.2. The summed E-state index contributed by atoms with van der Waals surface area (Å²) in [6.45, 7) is 2.22. The highest BCUT2D eigenvalue weighted by atomic mass is 35.5. The molecule has 3 nitrogen and oxygen atoms in total. The molecule has 0 saturated heterocycles. The molecule has 0 aliphatic rings. The fourth-order valence-corrected chi connectivity index (χ4v) is 2.55. The number of nitrogens with zero attached hydrogens (tertiary/aromatic N) is 1. The summed E-state index contributed by atoms with van der Waals surface area (Å²) in [6.07, 6.45) is 10.7. The minimum Gasteiger partial charge on any atom is -0.258 e. The van der Waals surface area contributed by atoms with E-state index < -0.39 is 4.92 Å². The number of unbranched alkanes of at least 4 members (excludes halogenated alkanes) is 7. The number of benzene rings is 1. The van der Waals surface area contributed by atoms with E-state index >= 15 is 0 Å². The lowest BCUT2D eigenvalue weighted by molar-refractivity contribution is -0.384. The van der Waals surface area contributed by atoms with Gasteiger partial charge in [0.15, 0.2) is 0 Å². The van der Waals surface area contributed by atoms with Crippen LogP contribution in [0.5, 0.6) is 0 Å². The molecule has 0 N–H and O–H groups in total. The summed E-state index contributed by atoms with van der Waals surface area (Å²) in [5.41, 5.74) is 0.756. The first-order valence-electron chi connectivity index (χ1n) is 7.50. The molecule has 0 fully saturated rings. The van der Waals surface area contributed by atoms with Crippen LogP contribution in [0.3, 0.4) is 0 Å². The second-order valence-corrected chi connectivity index (χ2v) is 5.52. The van der Waals surface area contributed by atoms with Crippen molar-refractivity contribution in [2.45, 2.75) is 64.7 Å². The van der Waals surface area contributed by atoms with Crippen LogP contribution in [-0.4, -0.2) is 4.92 Å². The Balaban J connectivity index is 2.25. The summed E-state index contributed by atoms with van der Waals surface area (Å²) in [5.74, 6) is 0. The number of halogens is 1. The molecule has 0 saturated carbocycles. The first-order chi connectivity index (χ1) is 9.66. The normalized spacial score (nSPS) is 10.7. The number of rotatable bonds is 10. The second-order valence-electron chi connectivity index (χ2n) is 5.14. The summed E-state index contributed by atoms with van der Waals surface area (Å²) in [6, 6.07) is 6.00. The number of nitro benzene ring substituents is 1. The predicted octanol–water partition coefficient (Wildman–Crippen LogP) is 5.73. The van der Waals surface area contributed by atoms with Gasteiger partial charge in [0.1, 0.15) is 5.02 Å². The Hall–Kier alpha value is -1.09. The van der Waals surface area contributed by atoms with Crippen molar-refractivity contribution in [1.82, 2.24) is 0 Å². The molecular weight excluding hydrogens is 274 g/mol. The molecule has 20 heavy (non-hydrogen) atoms. The van der Waals surface area contributed by atoms with Crippen LogP contribution in [0.2, 0.25) is 5.02 Å². The van der Waals surface area contributed by atoms with Gasteiger partial charge in [-0.2, -0.15) is 0 Å². The van der Waals surface area contributed by atoms with Gasteiger partial charge in [-0.25, -0.2) is 0 Å². The fourth-order valence-electron chi connectivity index (χ4n) is 2.27. The maximum Gasteiger partial charge on any atom is 0.288 e. The molecule has 0 unspecified atom stereocenters. The lowest BCUT2D eigenvalue weighted by Crippen LogP contribution is -1.94. The third kappa shape index (κ3) is 5.91. The SMILES string of the molecule is CCCCCCCCCCc1[c]ccc([N+](=O)[O-])c1Cl. The highest BCUT2D eigenvalue weighted by molar-refractivity contribution is 6.33. The molecular formula is C16H23ClNO2. The molecule has 1 radical (unpaired) electrons. The van der Waals surface area contributed by atoms with Gasteiger partial charge < -0.3 is 0 Å². The van der Waals surface area contributed by atoms with Crippen LogP contribution in [0.15, 0.2) is 12.1 Å². The van der Waals surface area contributed by atoms with Crippen LogP contribution >= 0.6 is 11.6 Å². The van der Waals surface area contributed by atoms with E-state index in [9.17, 15) is 10.1 Å². The minimum absolute atomic E-state index is 0.0139. The maximum absolute atomic E-state index is 10.8. The summed E-state index contributed by atoms with van der Waals surface area (Å²) in [5, 5.41) is 11.0. The Labute approximate surface area is 126 Å². The summed E-state index contributed by atoms with van der Waals surface area (Å²) < 4.78 is 0. The zero-order valence-corrected chi connectivity index (χ0v) is 12.9. The Bertz CT molecular complexity index is 421. The molecule has 0 amide bonds. The first-order valence-corrected chi connectivity index (χ1v) is 7.88. The van der Waals surface area contributed by atoms with Gasteiger partial charge in [0.05, 0.1) is 4.92 Å². The molecule has 0 heterocycles. The van der Waals surface area contributed by atoms with Gasteiger partial charge in [-0.15, -0.1) is 0 Å². The van der Waals surface area contributed by atoms with Crippen LogP contribution in [0.4, 0.5) is 5.69 Å². The Kier molecular flexibility index (Phi) is 8.28. The molecule has 0 spiro atoms. The van der Waals surface area contributed by atoms with Crippen molar-refractivity contribution in [2.24, 2.45) is 0 Å². The number of hydrogen-bond acceptors (Lipinski definition) is 2. The average Bonchev–Trinajstić information content (AvgIpc) is 2.43. The first kappa shape index (κ1) is 17.0. The van der Waals surface area contributed by atoms with Crippen LogP contribution in [-0.2, 0) is 6.42 Å². The molecule has 1 rings (SSSR count). The van der Waals surface area contributed by atoms with Gasteiger partial charge in [-0.3, -0.25) is 10.1 Å². The van der Waals surface area contributed by atoms with Crippen molar-refractivity contribution < 1.29 is 4.92 Å². The van der Waals surface area contributed by atoms with E-state index in [1.54, 1.807) is 6.07 Å². The largest absolute Gasteiger partial charge is 0.288 e. The van der Waals surface area contributed by atoms with Crippen molar-refractivity contribution in [1.29, 1.82) is 0 Å². The van der Waals surface area contributed by atoms with E-state index in [1.807, 2.05) is 0 Å². The quantitative estimate of drug-likeness (QED) is 0.314. The van der Waals surface area contributed by atoms with Crippen molar-refractivity contribution in [2.75, 3.05) is 0 Å². The maximum atomic E-state index is 10.8. The van der Waals surface area contributed by atoms with E-state index in [1.165, 1.54) is 44.6 Å². The zero-order chi connectivity index (χ0) is 14.8. The Morgan fingerprint density at radius 2 is 1.75 bits per heavy atom. The monoisotopic (exact) mass is 296 g/mol. The summed E-state index contributed by atoms with van der Waals surface area (Å²) >= 11 is 6.03. The van der Waals surface area contributed by atoms with E-state index in [2.05, 4.69) is 13.0 Å². The van der Waals surface area contributed by atoms with Gasteiger partial charge >= 0.3 is 0 Å². The number of hydrogen-bond donors (Lipinski definition) is 0. The van der Waals surface area contributed by atoms with Crippen molar-refractivity contribution in [3.8, 4) is 0 Å². The molecule has 0 atom stereocenters. The van der Waals surface area contributed by atoms with Gasteiger partial charge in [-0.1, -0.05) is 63.5 Å². The summed E-state index contributed by atoms with van der Waals surface area (Å²) in [4.78, 5) is 10.3. The molecule has 111 valence electrons. The van der Waals surface area contributed by atoms with Gasteiger partial charge in [0, 0.05) is 6.07 Å². The molecule has 0 bridgehead atoms. The fraction of sp³-hybridized carbons (Fsp3) is 0.625. The lowest BCUT2D eigenvalue weighted by atomic mass is 10.0. The number of aryl methyl sites for hydroxylation is 1.